The van der Waals surface area contributed by atoms with Gasteiger partial charge in [-0.15, -0.1) is 0 Å². The Morgan fingerprint density at radius 1 is 0.340 bits per heavy atom. The Bertz CT molecular complexity index is 2260. The van der Waals surface area contributed by atoms with Crippen LogP contribution in [0.15, 0.2) is 164 Å². The van der Waals surface area contributed by atoms with Gasteiger partial charge in [-0.2, -0.15) is 0 Å². The van der Waals surface area contributed by atoms with Crippen LogP contribution in [0, 0.1) is 6.92 Å². The molecular weight excluding hydrogens is 565 g/mol. The summed E-state index contributed by atoms with van der Waals surface area (Å²) in [5.74, 6) is 0. The van der Waals surface area contributed by atoms with Crippen LogP contribution >= 0.6 is 0 Å². The van der Waals surface area contributed by atoms with E-state index in [2.05, 4.69) is 185 Å². The van der Waals surface area contributed by atoms with Crippen molar-refractivity contribution >= 4 is 0 Å². The molecule has 7 aromatic carbocycles. The molecule has 0 heteroatoms. The molecule has 2 aliphatic carbocycles. The van der Waals surface area contributed by atoms with Crippen LogP contribution in [0.3, 0.4) is 0 Å². The normalized spacial score (nSPS) is 14.6. The van der Waals surface area contributed by atoms with Gasteiger partial charge in [-0.25, -0.2) is 0 Å². The first kappa shape index (κ1) is 27.8. The maximum atomic E-state index is 2.45. The summed E-state index contributed by atoms with van der Waals surface area (Å²) in [6.07, 6.45) is 0. The summed E-state index contributed by atoms with van der Waals surface area (Å²) >= 11 is 0. The van der Waals surface area contributed by atoms with Crippen molar-refractivity contribution in [2.24, 2.45) is 0 Å². The Hall–Kier alpha value is -5.46. The minimum absolute atomic E-state index is 0.0136. The number of fused-ring (bicyclic) bond motifs is 6. The van der Waals surface area contributed by atoms with Crippen LogP contribution in [0.5, 0.6) is 0 Å². The van der Waals surface area contributed by atoms with Crippen LogP contribution in [-0.2, 0) is 10.8 Å². The second-order valence-electron chi connectivity index (χ2n) is 13.8. The van der Waals surface area contributed by atoms with E-state index in [0.717, 1.165) is 0 Å². The predicted octanol–water partition coefficient (Wildman–Crippen LogP) is 12.0. The van der Waals surface area contributed by atoms with Crippen molar-refractivity contribution in [3.8, 4) is 44.5 Å². The molecule has 0 fully saturated rings. The van der Waals surface area contributed by atoms with E-state index in [1.165, 1.54) is 83.5 Å². The summed E-state index contributed by atoms with van der Waals surface area (Å²) in [5.41, 5.74) is 19.4. The minimum Gasteiger partial charge on any atom is -0.0622 e. The molecule has 0 unspecified atom stereocenters. The lowest BCUT2D eigenvalue weighted by Crippen LogP contribution is -2.28. The van der Waals surface area contributed by atoms with Gasteiger partial charge in [-0.1, -0.05) is 171 Å². The van der Waals surface area contributed by atoms with Gasteiger partial charge in [0.25, 0.3) is 0 Å². The van der Waals surface area contributed by atoms with E-state index in [0.29, 0.717) is 0 Å². The van der Waals surface area contributed by atoms with Crippen LogP contribution in [0.4, 0.5) is 0 Å². The van der Waals surface area contributed by atoms with Crippen LogP contribution in [0.25, 0.3) is 44.5 Å². The molecule has 224 valence electrons. The molecule has 9 rings (SSSR count). The van der Waals surface area contributed by atoms with Crippen molar-refractivity contribution in [1.82, 2.24) is 0 Å². The van der Waals surface area contributed by atoms with Gasteiger partial charge >= 0.3 is 0 Å². The lowest BCUT2D eigenvalue weighted by Gasteiger charge is -2.34. The van der Waals surface area contributed by atoms with Gasteiger partial charge in [0.1, 0.15) is 0 Å². The fourth-order valence-corrected chi connectivity index (χ4v) is 8.53. The first-order valence-corrected chi connectivity index (χ1v) is 16.7. The van der Waals surface area contributed by atoms with Gasteiger partial charge in [0.05, 0.1) is 5.41 Å². The quantitative estimate of drug-likeness (QED) is 0.188. The average molecular weight is 601 g/mol. The average Bonchev–Trinajstić information content (AvgIpc) is 3.54. The number of hydrogen-bond acceptors (Lipinski definition) is 0. The topological polar surface area (TPSA) is 0 Å². The molecule has 0 saturated carbocycles. The van der Waals surface area contributed by atoms with E-state index in [4.69, 9.17) is 0 Å². The predicted molar refractivity (Wildman–Crippen MR) is 197 cm³/mol. The standard InChI is InChI=1S/C47H36/c1-31-18-27-42-41(28-31)40-26-24-34(29-44(40)46(42,2)3)32-19-21-33(22-20-32)35-23-25-39-38-16-10-11-17-43(38)47(45(39)30-35,36-12-6-4-7-13-36)37-14-8-5-9-15-37/h4-30H,1-3H3. The molecule has 7 aromatic rings. The maximum absolute atomic E-state index is 2.45. The van der Waals surface area contributed by atoms with Crippen molar-refractivity contribution in [2.75, 3.05) is 0 Å². The van der Waals surface area contributed by atoms with Gasteiger partial charge in [-0.05, 0) is 96.9 Å². The molecule has 0 bridgehead atoms. The van der Waals surface area contributed by atoms with Crippen molar-refractivity contribution < 1.29 is 0 Å². The van der Waals surface area contributed by atoms with Crippen molar-refractivity contribution in [3.05, 3.63) is 203 Å². The Morgan fingerprint density at radius 3 is 1.45 bits per heavy atom. The molecule has 0 amide bonds. The van der Waals surface area contributed by atoms with Crippen LogP contribution in [0.1, 0.15) is 52.8 Å². The lowest BCUT2D eigenvalue weighted by molar-refractivity contribution is 0.660. The van der Waals surface area contributed by atoms with Gasteiger partial charge < -0.3 is 0 Å². The largest absolute Gasteiger partial charge is 0.0713 e. The van der Waals surface area contributed by atoms with Crippen molar-refractivity contribution in [2.45, 2.75) is 31.6 Å². The van der Waals surface area contributed by atoms with Gasteiger partial charge in [-0.3, -0.25) is 0 Å². The molecule has 0 heterocycles. The number of benzene rings is 7. The smallest absolute Gasteiger partial charge is 0.0622 e. The molecule has 0 aromatic heterocycles. The summed E-state index contributed by atoms with van der Waals surface area (Å²) < 4.78 is 0. The Morgan fingerprint density at radius 2 is 0.830 bits per heavy atom. The highest BCUT2D eigenvalue weighted by Gasteiger charge is 2.46. The first-order chi connectivity index (χ1) is 23.0. The number of rotatable bonds is 4. The lowest BCUT2D eigenvalue weighted by atomic mass is 9.67. The van der Waals surface area contributed by atoms with Gasteiger partial charge in [0.2, 0.25) is 0 Å². The zero-order valence-electron chi connectivity index (χ0n) is 27.1. The first-order valence-electron chi connectivity index (χ1n) is 16.7. The van der Waals surface area contributed by atoms with Crippen LogP contribution in [-0.4, -0.2) is 0 Å². The Balaban J connectivity index is 1.15. The molecule has 0 spiro atoms. The van der Waals surface area contributed by atoms with Crippen molar-refractivity contribution in [1.29, 1.82) is 0 Å². The molecule has 0 radical (unpaired) electrons. The van der Waals surface area contributed by atoms with E-state index in [1.807, 2.05) is 0 Å². The van der Waals surface area contributed by atoms with Crippen molar-refractivity contribution in [3.63, 3.8) is 0 Å². The van der Waals surface area contributed by atoms with E-state index < -0.39 is 5.41 Å². The summed E-state index contributed by atoms with van der Waals surface area (Å²) in [7, 11) is 0. The third kappa shape index (κ3) is 4.01. The van der Waals surface area contributed by atoms with Gasteiger partial charge in [0, 0.05) is 5.41 Å². The SMILES string of the molecule is Cc1ccc2c(c1)-c1ccc(-c3ccc(-c4ccc5c(c4)C(c4ccccc4)(c4ccccc4)c4ccccc4-5)cc3)cc1C2(C)C. The van der Waals surface area contributed by atoms with E-state index >= 15 is 0 Å². The summed E-state index contributed by atoms with van der Waals surface area (Å²) in [6, 6.07) is 61.2. The monoisotopic (exact) mass is 600 g/mol. The number of hydrogen-bond donors (Lipinski definition) is 0. The number of aryl methyl sites for hydroxylation is 1. The van der Waals surface area contributed by atoms with Crippen LogP contribution in [0.2, 0.25) is 0 Å². The summed E-state index contributed by atoms with van der Waals surface area (Å²) in [6.45, 7) is 6.90. The highest BCUT2D eigenvalue weighted by atomic mass is 14.5. The summed E-state index contributed by atoms with van der Waals surface area (Å²) in [4.78, 5) is 0. The zero-order valence-corrected chi connectivity index (χ0v) is 27.1. The Kier molecular flexibility index (Phi) is 6.08. The molecule has 0 saturated heterocycles. The third-order valence-corrected chi connectivity index (χ3v) is 10.8. The fourth-order valence-electron chi connectivity index (χ4n) is 8.53. The molecular formula is C47H36. The molecule has 2 aliphatic rings. The minimum atomic E-state index is -0.391. The third-order valence-electron chi connectivity index (χ3n) is 10.8. The van der Waals surface area contributed by atoms with E-state index in [1.54, 1.807) is 0 Å². The highest BCUT2D eigenvalue weighted by molar-refractivity contribution is 5.89. The molecule has 0 nitrogen and oxygen atoms in total. The highest BCUT2D eigenvalue weighted by Crippen LogP contribution is 2.57. The summed E-state index contributed by atoms with van der Waals surface area (Å²) in [5, 5.41) is 0. The molecule has 0 atom stereocenters. The second kappa shape index (κ2) is 10.3. The maximum Gasteiger partial charge on any atom is 0.0713 e. The van der Waals surface area contributed by atoms with Crippen LogP contribution < -0.4 is 0 Å². The van der Waals surface area contributed by atoms with E-state index in [9.17, 15) is 0 Å². The Labute approximate surface area is 278 Å². The molecule has 47 heavy (non-hydrogen) atoms. The second-order valence-corrected chi connectivity index (χ2v) is 13.8. The molecule has 0 N–H and O–H groups in total. The fraction of sp³-hybridized carbons (Fsp3) is 0.106. The van der Waals surface area contributed by atoms with Gasteiger partial charge in [0.15, 0.2) is 0 Å². The molecule has 0 aliphatic heterocycles. The van der Waals surface area contributed by atoms with E-state index in [-0.39, 0.29) is 5.41 Å². The zero-order chi connectivity index (χ0) is 31.8.